The second-order valence-electron chi connectivity index (χ2n) is 8.04. The van der Waals surface area contributed by atoms with Crippen LogP contribution in [0.15, 0.2) is 48.5 Å². The maximum atomic E-state index is 12.0. The molecule has 32 heavy (non-hydrogen) atoms. The van der Waals surface area contributed by atoms with E-state index < -0.39 is 5.97 Å². The Morgan fingerprint density at radius 1 is 1.09 bits per heavy atom. The highest BCUT2D eigenvalue weighted by Crippen LogP contribution is 2.24. The van der Waals surface area contributed by atoms with Crippen LogP contribution in [0.3, 0.4) is 0 Å². The van der Waals surface area contributed by atoms with Crippen molar-refractivity contribution < 1.29 is 9.90 Å². The molecule has 0 saturated heterocycles. The van der Waals surface area contributed by atoms with E-state index in [1.807, 2.05) is 63.4 Å². The SMILES string of the molecule is Cc1c(CNCCc2nc3ccccc3n2C)c(C(=O)O)c(C)n1Cc1ccc(Cl)cc1. The van der Waals surface area contributed by atoms with Crippen molar-refractivity contribution in [2.75, 3.05) is 6.54 Å². The Labute approximate surface area is 192 Å². The maximum absolute atomic E-state index is 12.0. The number of benzene rings is 2. The van der Waals surface area contributed by atoms with Crippen molar-refractivity contribution in [2.24, 2.45) is 7.05 Å². The average molecular weight is 451 g/mol. The number of nitrogens with one attached hydrogen (secondary N) is 1. The first-order valence-electron chi connectivity index (χ1n) is 10.6. The number of para-hydroxylation sites is 2. The maximum Gasteiger partial charge on any atom is 0.337 e. The Morgan fingerprint density at radius 2 is 1.81 bits per heavy atom. The number of aromatic nitrogens is 3. The van der Waals surface area contributed by atoms with Crippen LogP contribution >= 0.6 is 11.6 Å². The lowest BCUT2D eigenvalue weighted by Crippen LogP contribution is -2.20. The van der Waals surface area contributed by atoms with Gasteiger partial charge in [-0.2, -0.15) is 0 Å². The van der Waals surface area contributed by atoms with Crippen LogP contribution in [0.2, 0.25) is 5.02 Å². The lowest BCUT2D eigenvalue weighted by molar-refractivity contribution is 0.0694. The monoisotopic (exact) mass is 450 g/mol. The van der Waals surface area contributed by atoms with E-state index in [0.29, 0.717) is 30.2 Å². The van der Waals surface area contributed by atoms with Gasteiger partial charge in [0.15, 0.2) is 0 Å². The third-order valence-electron chi connectivity index (χ3n) is 6.08. The normalized spacial score (nSPS) is 11.4. The van der Waals surface area contributed by atoms with Crippen LogP contribution in [0.5, 0.6) is 0 Å². The molecule has 0 aliphatic carbocycles. The fraction of sp³-hybridized carbons (Fsp3) is 0.280. The number of carboxylic acid groups (broad SMARTS) is 1. The zero-order valence-corrected chi connectivity index (χ0v) is 19.3. The molecule has 6 nitrogen and oxygen atoms in total. The van der Waals surface area contributed by atoms with E-state index in [-0.39, 0.29) is 0 Å². The van der Waals surface area contributed by atoms with Crippen LogP contribution in [0.1, 0.15) is 38.7 Å². The van der Waals surface area contributed by atoms with Crippen molar-refractivity contribution in [1.82, 2.24) is 19.4 Å². The van der Waals surface area contributed by atoms with Crippen molar-refractivity contribution in [3.63, 3.8) is 0 Å². The number of aromatic carboxylic acids is 1. The number of halogens is 1. The molecule has 4 aromatic rings. The zero-order chi connectivity index (χ0) is 22.8. The highest BCUT2D eigenvalue weighted by Gasteiger charge is 2.22. The fourth-order valence-electron chi connectivity index (χ4n) is 4.29. The van der Waals surface area contributed by atoms with Crippen molar-refractivity contribution >= 4 is 28.6 Å². The summed E-state index contributed by atoms with van der Waals surface area (Å²) in [7, 11) is 2.03. The molecule has 0 radical (unpaired) electrons. The molecule has 0 bridgehead atoms. The second kappa shape index (κ2) is 9.18. The molecule has 7 heteroatoms. The van der Waals surface area contributed by atoms with Crippen LogP contribution < -0.4 is 5.32 Å². The van der Waals surface area contributed by atoms with E-state index in [9.17, 15) is 9.90 Å². The van der Waals surface area contributed by atoms with E-state index in [2.05, 4.69) is 20.5 Å². The predicted molar refractivity (Wildman–Crippen MR) is 128 cm³/mol. The molecule has 2 heterocycles. The zero-order valence-electron chi connectivity index (χ0n) is 18.5. The highest BCUT2D eigenvalue weighted by molar-refractivity contribution is 6.30. The topological polar surface area (TPSA) is 72.1 Å². The molecule has 0 saturated carbocycles. The van der Waals surface area contributed by atoms with Crippen molar-refractivity contribution in [1.29, 1.82) is 0 Å². The average Bonchev–Trinajstić information content (AvgIpc) is 3.21. The molecule has 2 aromatic carbocycles. The smallest absolute Gasteiger partial charge is 0.337 e. The predicted octanol–water partition coefficient (Wildman–Crippen LogP) is 4.72. The summed E-state index contributed by atoms with van der Waals surface area (Å²) in [4.78, 5) is 16.7. The number of carbonyl (C=O) groups is 1. The van der Waals surface area contributed by atoms with E-state index in [4.69, 9.17) is 16.6 Å². The van der Waals surface area contributed by atoms with E-state index in [0.717, 1.165) is 45.8 Å². The number of nitrogens with zero attached hydrogens (tertiary/aromatic N) is 3. The van der Waals surface area contributed by atoms with Crippen LogP contribution in [0, 0.1) is 13.8 Å². The largest absolute Gasteiger partial charge is 0.478 e. The van der Waals surface area contributed by atoms with Gasteiger partial charge in [0.2, 0.25) is 0 Å². The van der Waals surface area contributed by atoms with Gasteiger partial charge in [0.25, 0.3) is 0 Å². The van der Waals surface area contributed by atoms with E-state index >= 15 is 0 Å². The Balaban J connectivity index is 1.49. The third-order valence-corrected chi connectivity index (χ3v) is 6.34. The van der Waals surface area contributed by atoms with Gasteiger partial charge in [0.05, 0.1) is 16.6 Å². The van der Waals surface area contributed by atoms with Crippen LogP contribution in [-0.4, -0.2) is 31.7 Å². The molecule has 4 rings (SSSR count). The summed E-state index contributed by atoms with van der Waals surface area (Å²) in [6.45, 7) is 5.66. The minimum atomic E-state index is -0.896. The molecule has 0 atom stereocenters. The van der Waals surface area contributed by atoms with E-state index in [1.54, 1.807) is 0 Å². The first-order valence-corrected chi connectivity index (χ1v) is 11.0. The Hall–Kier alpha value is -3.09. The summed E-state index contributed by atoms with van der Waals surface area (Å²) in [5, 5.41) is 14.0. The quantitative estimate of drug-likeness (QED) is 0.381. The number of hydrogen-bond donors (Lipinski definition) is 2. The van der Waals surface area contributed by atoms with Gasteiger partial charge in [0.1, 0.15) is 5.82 Å². The van der Waals surface area contributed by atoms with E-state index in [1.165, 1.54) is 0 Å². The molecule has 2 aromatic heterocycles. The third kappa shape index (κ3) is 4.29. The molecule has 0 amide bonds. The lowest BCUT2D eigenvalue weighted by Gasteiger charge is -2.10. The minimum Gasteiger partial charge on any atom is -0.478 e. The molecular formula is C25H27ClN4O2. The number of aryl methyl sites for hydroxylation is 1. The molecule has 0 aliphatic rings. The van der Waals surface area contributed by atoms with Gasteiger partial charge in [-0.25, -0.2) is 9.78 Å². The van der Waals surface area contributed by atoms with Gasteiger partial charge in [0, 0.05) is 55.1 Å². The fourth-order valence-corrected chi connectivity index (χ4v) is 4.42. The van der Waals surface area contributed by atoms with Crippen molar-refractivity contribution in [2.45, 2.75) is 33.4 Å². The van der Waals surface area contributed by atoms with Crippen LogP contribution in [0.25, 0.3) is 11.0 Å². The summed E-state index contributed by atoms with van der Waals surface area (Å²) < 4.78 is 4.17. The number of rotatable bonds is 8. The lowest BCUT2D eigenvalue weighted by atomic mass is 10.1. The molecule has 2 N–H and O–H groups in total. The first kappa shape index (κ1) is 22.1. The molecule has 0 spiro atoms. The van der Waals surface area contributed by atoms with Gasteiger partial charge >= 0.3 is 5.97 Å². The Kier molecular flexibility index (Phi) is 6.35. The summed E-state index contributed by atoms with van der Waals surface area (Å²) in [6, 6.07) is 15.7. The summed E-state index contributed by atoms with van der Waals surface area (Å²) in [5.74, 6) is 0.109. The highest BCUT2D eigenvalue weighted by atomic mass is 35.5. The Bertz CT molecular complexity index is 1270. The van der Waals surface area contributed by atoms with Crippen LogP contribution in [-0.2, 0) is 26.6 Å². The number of hydrogen-bond acceptors (Lipinski definition) is 3. The molecule has 0 unspecified atom stereocenters. The van der Waals surface area contributed by atoms with Crippen molar-refractivity contribution in [3.05, 3.63) is 87.5 Å². The van der Waals surface area contributed by atoms with Gasteiger partial charge in [-0.15, -0.1) is 0 Å². The molecule has 166 valence electrons. The number of fused-ring (bicyclic) bond motifs is 1. The molecule has 0 fully saturated rings. The number of imidazole rings is 1. The summed E-state index contributed by atoms with van der Waals surface area (Å²) in [5.41, 5.74) is 6.11. The van der Waals surface area contributed by atoms with Gasteiger partial charge in [-0.1, -0.05) is 35.9 Å². The Morgan fingerprint density at radius 3 is 2.50 bits per heavy atom. The summed E-state index contributed by atoms with van der Waals surface area (Å²) >= 11 is 6.00. The standard InChI is InChI=1S/C25H27ClN4O2/c1-16-20(14-27-13-12-23-28-21-6-4-5-7-22(21)29(23)3)24(25(31)32)17(2)30(16)15-18-8-10-19(26)11-9-18/h4-11,27H,12-15H2,1-3H3,(H,31,32). The minimum absolute atomic E-state index is 0.381. The second-order valence-corrected chi connectivity index (χ2v) is 8.48. The van der Waals surface area contributed by atoms with Gasteiger partial charge < -0.3 is 19.6 Å². The molecule has 0 aliphatic heterocycles. The van der Waals surface area contributed by atoms with Gasteiger partial charge in [-0.05, 0) is 43.7 Å². The molecular weight excluding hydrogens is 424 g/mol. The first-order chi connectivity index (χ1) is 15.4. The number of carboxylic acids is 1. The van der Waals surface area contributed by atoms with Crippen LogP contribution in [0.4, 0.5) is 0 Å². The van der Waals surface area contributed by atoms with Gasteiger partial charge in [-0.3, -0.25) is 0 Å². The van der Waals surface area contributed by atoms with Crippen molar-refractivity contribution in [3.8, 4) is 0 Å². The summed E-state index contributed by atoms with van der Waals surface area (Å²) in [6.07, 6.45) is 0.761.